The molecule has 0 aromatic carbocycles. The molecule has 24 heavy (non-hydrogen) atoms. The molecule has 0 unspecified atom stereocenters. The summed E-state index contributed by atoms with van der Waals surface area (Å²) < 4.78 is 36.6. The zero-order chi connectivity index (χ0) is 17.0. The van der Waals surface area contributed by atoms with Gasteiger partial charge in [-0.2, -0.15) is 0 Å². The van der Waals surface area contributed by atoms with Crippen LogP contribution in [0.1, 0.15) is 25.3 Å². The summed E-state index contributed by atoms with van der Waals surface area (Å²) in [5, 5.41) is 5.87. The first-order valence-electron chi connectivity index (χ1n) is 7.17. The second kappa shape index (κ2) is 6.51. The summed E-state index contributed by atoms with van der Waals surface area (Å²) in [6, 6.07) is 1.10. The number of piperidine rings is 1. The molecule has 1 aliphatic heterocycles. The van der Waals surface area contributed by atoms with Gasteiger partial charge < -0.3 is 10.6 Å². The van der Waals surface area contributed by atoms with Gasteiger partial charge in [-0.25, -0.2) is 17.8 Å². The number of carbonyl (C=O) groups is 1. The minimum absolute atomic E-state index is 0. The highest BCUT2D eigenvalue weighted by molar-refractivity contribution is 9.10. The molecule has 1 aromatic rings. The second-order valence-electron chi connectivity index (χ2n) is 6.66. The predicted octanol–water partition coefficient (Wildman–Crippen LogP) is 2.03. The van der Waals surface area contributed by atoms with Gasteiger partial charge >= 0.3 is 0 Å². The maximum absolute atomic E-state index is 13.7. The Morgan fingerprint density at radius 1 is 1.54 bits per heavy atom. The molecule has 1 saturated carbocycles. The molecule has 1 aliphatic carbocycles. The van der Waals surface area contributed by atoms with Crippen molar-refractivity contribution in [3.63, 3.8) is 0 Å². The van der Waals surface area contributed by atoms with Crippen LogP contribution in [0.4, 0.5) is 10.2 Å². The van der Waals surface area contributed by atoms with Crippen LogP contribution in [0, 0.1) is 11.2 Å². The summed E-state index contributed by atoms with van der Waals surface area (Å²) in [5.41, 5.74) is 0.310. The number of nitrogens with one attached hydrogen (secondary N) is 2. The molecule has 0 spiro atoms. The van der Waals surface area contributed by atoms with Crippen LogP contribution in [0.15, 0.2) is 10.7 Å². The summed E-state index contributed by atoms with van der Waals surface area (Å²) in [4.78, 5) is 16.3. The Bertz CT molecular complexity index is 792. The highest BCUT2D eigenvalue weighted by atomic mass is 79.9. The number of amides is 1. The number of sulfone groups is 1. The van der Waals surface area contributed by atoms with E-state index in [4.69, 9.17) is 0 Å². The smallest absolute Gasteiger partial charge is 0.242 e. The zero-order valence-electron chi connectivity index (χ0n) is 13.1. The van der Waals surface area contributed by atoms with E-state index in [1.54, 1.807) is 0 Å². The fourth-order valence-corrected chi connectivity index (χ4v) is 4.12. The monoisotopic (exact) mass is 441 g/mol. The number of pyridine rings is 1. The minimum atomic E-state index is -3.38. The second-order valence-corrected chi connectivity index (χ2v) is 9.55. The van der Waals surface area contributed by atoms with Gasteiger partial charge in [0.25, 0.3) is 0 Å². The third-order valence-electron chi connectivity index (χ3n) is 4.41. The molecule has 0 bridgehead atoms. The van der Waals surface area contributed by atoms with Gasteiger partial charge in [0.05, 0.1) is 11.8 Å². The van der Waals surface area contributed by atoms with E-state index in [1.807, 2.05) is 0 Å². The number of rotatable bonds is 4. The molecule has 2 heterocycles. The maximum atomic E-state index is 13.7. The lowest BCUT2D eigenvalue weighted by molar-refractivity contribution is -0.118. The first-order chi connectivity index (χ1) is 10.6. The molecule has 6 nitrogen and oxygen atoms in total. The fraction of sp³-hybridized carbons (Fsp3) is 0.571. The van der Waals surface area contributed by atoms with E-state index < -0.39 is 21.4 Å². The quantitative estimate of drug-likeness (QED) is 0.697. The standard InChI is InChI=1S/C14H17BrFN3O3S.ClH/c1-14-4-9(17-10(14)5-14)13(20)19-12-7(6-23(2,21)22)3-8(16)11(15)18-12;/h3,9-10,17H,4-6H2,1-2H3,(H,18,19,20);1H/t9-,10+,14-;/m0./s1. The number of hydrogen-bond donors (Lipinski definition) is 2. The van der Waals surface area contributed by atoms with Crippen molar-refractivity contribution >= 4 is 49.9 Å². The molecule has 2 aliphatic rings. The third-order valence-corrected chi connectivity index (χ3v) is 5.80. The molecule has 2 fully saturated rings. The van der Waals surface area contributed by atoms with E-state index in [0.717, 1.165) is 25.2 Å². The molecule has 3 atom stereocenters. The van der Waals surface area contributed by atoms with Crippen LogP contribution in [-0.2, 0) is 20.4 Å². The largest absolute Gasteiger partial charge is 0.309 e. The molecular weight excluding hydrogens is 425 g/mol. The SMILES string of the molecule is C[C@@]12C[C@@H](C(=O)Nc3nc(Br)c(F)cc3CS(C)(=O)=O)N[C@@H]1C2.Cl. The number of anilines is 1. The highest BCUT2D eigenvalue weighted by Crippen LogP contribution is 2.53. The first-order valence-corrected chi connectivity index (χ1v) is 10.0. The van der Waals surface area contributed by atoms with Crippen molar-refractivity contribution in [1.82, 2.24) is 10.3 Å². The topological polar surface area (TPSA) is 88.2 Å². The van der Waals surface area contributed by atoms with E-state index in [0.29, 0.717) is 6.04 Å². The Morgan fingerprint density at radius 2 is 2.21 bits per heavy atom. The number of nitrogens with zero attached hydrogens (tertiary/aromatic N) is 1. The summed E-state index contributed by atoms with van der Waals surface area (Å²) >= 11 is 2.96. The van der Waals surface area contributed by atoms with Crippen LogP contribution in [0.3, 0.4) is 0 Å². The lowest BCUT2D eigenvalue weighted by atomic mass is 10.0. The van der Waals surface area contributed by atoms with Crippen molar-refractivity contribution in [3.8, 4) is 0 Å². The Hall–Kier alpha value is -0.770. The lowest BCUT2D eigenvalue weighted by Crippen LogP contribution is -2.38. The Balaban J connectivity index is 0.00000208. The minimum Gasteiger partial charge on any atom is -0.309 e. The van der Waals surface area contributed by atoms with Crippen LogP contribution in [-0.4, -0.2) is 37.6 Å². The maximum Gasteiger partial charge on any atom is 0.242 e. The van der Waals surface area contributed by atoms with Crippen molar-refractivity contribution in [1.29, 1.82) is 0 Å². The van der Waals surface area contributed by atoms with Gasteiger partial charge in [0.15, 0.2) is 15.7 Å². The van der Waals surface area contributed by atoms with Crippen LogP contribution >= 0.6 is 28.3 Å². The van der Waals surface area contributed by atoms with Crippen LogP contribution < -0.4 is 10.6 Å². The summed E-state index contributed by atoms with van der Waals surface area (Å²) in [6.07, 6.45) is 2.84. The van der Waals surface area contributed by atoms with Gasteiger partial charge in [0.1, 0.15) is 10.4 Å². The summed E-state index contributed by atoms with van der Waals surface area (Å²) in [5.74, 6) is -1.27. The van der Waals surface area contributed by atoms with Gasteiger partial charge in [0.2, 0.25) is 5.91 Å². The van der Waals surface area contributed by atoms with E-state index in [2.05, 4.69) is 38.5 Å². The number of fused-ring (bicyclic) bond motifs is 1. The van der Waals surface area contributed by atoms with Gasteiger partial charge in [-0.05, 0) is 40.3 Å². The van der Waals surface area contributed by atoms with E-state index >= 15 is 0 Å². The van der Waals surface area contributed by atoms with Crippen LogP contribution in [0.25, 0.3) is 0 Å². The third kappa shape index (κ3) is 4.07. The van der Waals surface area contributed by atoms with E-state index in [1.165, 1.54) is 0 Å². The van der Waals surface area contributed by atoms with Crippen molar-refractivity contribution in [2.75, 3.05) is 11.6 Å². The molecule has 10 heteroatoms. The molecular formula is C14H18BrClFN3O3S. The lowest BCUT2D eigenvalue weighted by Gasteiger charge is -2.16. The molecule has 1 aromatic heterocycles. The summed E-state index contributed by atoms with van der Waals surface area (Å²) in [6.45, 7) is 2.12. The van der Waals surface area contributed by atoms with E-state index in [9.17, 15) is 17.6 Å². The van der Waals surface area contributed by atoms with Crippen molar-refractivity contribution in [2.24, 2.45) is 5.41 Å². The number of halogens is 3. The first kappa shape index (κ1) is 19.6. The average molecular weight is 443 g/mol. The Morgan fingerprint density at radius 3 is 2.75 bits per heavy atom. The molecule has 3 rings (SSSR count). The van der Waals surface area contributed by atoms with Crippen molar-refractivity contribution in [3.05, 3.63) is 22.1 Å². The normalized spacial score (nSPS) is 28.0. The molecule has 1 saturated heterocycles. The molecule has 0 radical (unpaired) electrons. The van der Waals surface area contributed by atoms with Gasteiger partial charge in [0, 0.05) is 17.9 Å². The van der Waals surface area contributed by atoms with E-state index in [-0.39, 0.29) is 45.8 Å². The zero-order valence-corrected chi connectivity index (χ0v) is 16.3. The highest BCUT2D eigenvalue weighted by Gasteiger charge is 2.58. The fourth-order valence-electron chi connectivity index (χ4n) is 3.04. The molecule has 1 amide bonds. The van der Waals surface area contributed by atoms with Crippen LogP contribution in [0.2, 0.25) is 0 Å². The molecule has 2 N–H and O–H groups in total. The Kier molecular flexibility index (Phi) is 5.30. The number of carbonyl (C=O) groups excluding carboxylic acids is 1. The summed E-state index contributed by atoms with van der Waals surface area (Å²) in [7, 11) is -3.38. The average Bonchev–Trinajstić information content (AvgIpc) is 2.91. The predicted molar refractivity (Wildman–Crippen MR) is 94.4 cm³/mol. The van der Waals surface area contributed by atoms with Gasteiger partial charge in [-0.15, -0.1) is 12.4 Å². The van der Waals surface area contributed by atoms with Gasteiger partial charge in [-0.1, -0.05) is 6.92 Å². The number of aromatic nitrogens is 1. The number of hydrogen-bond acceptors (Lipinski definition) is 5. The molecule has 134 valence electrons. The van der Waals surface area contributed by atoms with Crippen molar-refractivity contribution in [2.45, 2.75) is 37.6 Å². The Labute approximate surface area is 154 Å². The van der Waals surface area contributed by atoms with Crippen LogP contribution in [0.5, 0.6) is 0 Å². The van der Waals surface area contributed by atoms with Gasteiger partial charge in [-0.3, -0.25) is 4.79 Å². The van der Waals surface area contributed by atoms with Crippen molar-refractivity contribution < 1.29 is 17.6 Å².